The van der Waals surface area contributed by atoms with E-state index in [0.29, 0.717) is 12.1 Å². The first kappa shape index (κ1) is 18.9. The first-order valence-corrected chi connectivity index (χ1v) is 9.52. The van der Waals surface area contributed by atoms with Crippen LogP contribution in [-0.4, -0.2) is 74.2 Å². The van der Waals surface area contributed by atoms with Crippen LogP contribution in [0.1, 0.15) is 15.9 Å². The van der Waals surface area contributed by atoms with Gasteiger partial charge in [-0.05, 0) is 30.7 Å². The van der Waals surface area contributed by atoms with Gasteiger partial charge in [-0.15, -0.1) is 0 Å². The second-order valence-electron chi connectivity index (χ2n) is 6.33. The molecule has 8 heteroatoms. The summed E-state index contributed by atoms with van der Waals surface area (Å²) in [5.41, 5.74) is 7.09. The number of nitrogens with two attached hydrogens (primary N) is 1. The number of rotatable bonds is 6. The molecular weight excluding hydrogens is 330 g/mol. The van der Waals surface area contributed by atoms with Gasteiger partial charge in [-0.3, -0.25) is 4.79 Å². The smallest absolute Gasteiger partial charge is 0.253 e. The predicted octanol–water partition coefficient (Wildman–Crippen LogP) is -0.488. The molecule has 0 bridgehead atoms. The average molecular weight is 355 g/mol. The number of nitrogens with zero attached hydrogens (tertiary/aromatic N) is 2. The standard InChI is InChI=1S/C16H25N3O4S/c1-18(2)24(22,23)11-14-9-19(10-15(14)20)16(21)13-5-3-12(4-6-13)7-8-17/h3-6,14-15,20H,7-11,17H2,1-2H3/t14-,15+/m0/s1. The number of carbonyl (C=O) groups excluding carboxylic acids is 1. The molecule has 0 radical (unpaired) electrons. The molecule has 24 heavy (non-hydrogen) atoms. The van der Waals surface area contributed by atoms with Gasteiger partial charge in [0.25, 0.3) is 5.91 Å². The van der Waals surface area contributed by atoms with Crippen molar-refractivity contribution in [3.8, 4) is 0 Å². The Morgan fingerprint density at radius 3 is 2.46 bits per heavy atom. The van der Waals surface area contributed by atoms with Crippen molar-refractivity contribution in [2.24, 2.45) is 11.7 Å². The van der Waals surface area contributed by atoms with Crippen molar-refractivity contribution >= 4 is 15.9 Å². The Bertz CT molecular complexity index is 673. The maximum absolute atomic E-state index is 12.5. The Balaban J connectivity index is 2.04. The van der Waals surface area contributed by atoms with Gasteiger partial charge < -0.3 is 15.7 Å². The molecule has 0 unspecified atom stereocenters. The van der Waals surface area contributed by atoms with E-state index in [4.69, 9.17) is 5.73 Å². The number of benzene rings is 1. The Kier molecular flexibility index (Phi) is 5.97. The highest BCUT2D eigenvalue weighted by Gasteiger charge is 2.37. The number of aliphatic hydroxyl groups is 1. The summed E-state index contributed by atoms with van der Waals surface area (Å²) in [6, 6.07) is 7.20. The van der Waals surface area contributed by atoms with E-state index in [-0.39, 0.29) is 24.7 Å². The number of hydrogen-bond acceptors (Lipinski definition) is 5. The van der Waals surface area contributed by atoms with Crippen LogP contribution < -0.4 is 5.73 Å². The SMILES string of the molecule is CN(C)S(=O)(=O)C[C@@H]1CN(C(=O)c2ccc(CCN)cc2)C[C@H]1O. The van der Waals surface area contributed by atoms with Crippen LogP contribution in [0, 0.1) is 5.92 Å². The molecule has 134 valence electrons. The van der Waals surface area contributed by atoms with Gasteiger partial charge in [-0.25, -0.2) is 12.7 Å². The van der Waals surface area contributed by atoms with Gasteiger partial charge in [0.2, 0.25) is 10.0 Å². The molecule has 1 saturated heterocycles. The fraction of sp³-hybridized carbons (Fsp3) is 0.562. The molecule has 2 rings (SSSR count). The van der Waals surface area contributed by atoms with E-state index in [1.165, 1.54) is 19.0 Å². The van der Waals surface area contributed by atoms with Gasteiger partial charge in [-0.1, -0.05) is 12.1 Å². The minimum Gasteiger partial charge on any atom is -0.391 e. The van der Waals surface area contributed by atoms with Crippen LogP contribution >= 0.6 is 0 Å². The fourth-order valence-electron chi connectivity index (χ4n) is 2.77. The van der Waals surface area contributed by atoms with Crippen LogP contribution in [0.25, 0.3) is 0 Å². The van der Waals surface area contributed by atoms with Crippen molar-refractivity contribution in [3.05, 3.63) is 35.4 Å². The lowest BCUT2D eigenvalue weighted by atomic mass is 10.1. The summed E-state index contributed by atoms with van der Waals surface area (Å²) >= 11 is 0. The largest absolute Gasteiger partial charge is 0.391 e. The molecule has 3 N–H and O–H groups in total. The summed E-state index contributed by atoms with van der Waals surface area (Å²) in [4.78, 5) is 14.0. The molecular formula is C16H25N3O4S. The first-order chi connectivity index (χ1) is 11.2. The van der Waals surface area contributed by atoms with Crippen LogP contribution in [-0.2, 0) is 16.4 Å². The van der Waals surface area contributed by atoms with Gasteiger partial charge in [0, 0.05) is 38.7 Å². The van der Waals surface area contributed by atoms with Gasteiger partial charge in [0.15, 0.2) is 0 Å². The molecule has 1 aromatic rings. The number of aliphatic hydroxyl groups excluding tert-OH is 1. The highest BCUT2D eigenvalue weighted by molar-refractivity contribution is 7.89. The molecule has 0 spiro atoms. The minimum absolute atomic E-state index is 0.150. The summed E-state index contributed by atoms with van der Waals surface area (Å²) in [6.45, 7) is 0.933. The zero-order chi connectivity index (χ0) is 17.9. The maximum Gasteiger partial charge on any atom is 0.253 e. The Morgan fingerprint density at radius 2 is 1.92 bits per heavy atom. The van der Waals surface area contributed by atoms with E-state index < -0.39 is 22.0 Å². The molecule has 1 aliphatic rings. The van der Waals surface area contributed by atoms with Gasteiger partial charge in [0.05, 0.1) is 11.9 Å². The Labute approximate surface area is 143 Å². The molecule has 2 atom stereocenters. The predicted molar refractivity (Wildman–Crippen MR) is 92.1 cm³/mol. The topological polar surface area (TPSA) is 104 Å². The summed E-state index contributed by atoms with van der Waals surface area (Å²) in [5.74, 6) is -0.837. The molecule has 0 aliphatic carbocycles. The monoisotopic (exact) mass is 355 g/mol. The van der Waals surface area contributed by atoms with E-state index in [9.17, 15) is 18.3 Å². The molecule has 1 amide bonds. The molecule has 0 saturated carbocycles. The van der Waals surface area contributed by atoms with Crippen LogP contribution in [0.15, 0.2) is 24.3 Å². The fourth-order valence-corrected chi connectivity index (χ4v) is 3.93. The summed E-state index contributed by atoms with van der Waals surface area (Å²) in [7, 11) is -0.495. The van der Waals surface area contributed by atoms with Crippen molar-refractivity contribution in [2.75, 3.05) is 39.5 Å². The van der Waals surface area contributed by atoms with E-state index in [1.54, 1.807) is 12.1 Å². The second-order valence-corrected chi connectivity index (χ2v) is 8.56. The first-order valence-electron chi connectivity index (χ1n) is 7.91. The molecule has 7 nitrogen and oxygen atoms in total. The summed E-state index contributed by atoms with van der Waals surface area (Å²) < 4.78 is 25.1. The lowest BCUT2D eigenvalue weighted by Crippen LogP contribution is -2.33. The van der Waals surface area contributed by atoms with Crippen LogP contribution in [0.4, 0.5) is 0 Å². The minimum atomic E-state index is -3.42. The molecule has 0 aromatic heterocycles. The van der Waals surface area contributed by atoms with Crippen molar-refractivity contribution in [1.29, 1.82) is 0 Å². The van der Waals surface area contributed by atoms with Crippen molar-refractivity contribution in [3.63, 3.8) is 0 Å². The van der Waals surface area contributed by atoms with Gasteiger partial charge in [-0.2, -0.15) is 0 Å². The van der Waals surface area contributed by atoms with Crippen LogP contribution in [0.2, 0.25) is 0 Å². The van der Waals surface area contributed by atoms with E-state index in [1.807, 2.05) is 12.1 Å². The Hall–Kier alpha value is -1.48. The van der Waals surface area contributed by atoms with Crippen LogP contribution in [0.5, 0.6) is 0 Å². The number of hydrogen-bond donors (Lipinski definition) is 2. The summed E-state index contributed by atoms with van der Waals surface area (Å²) in [6.07, 6.45) is -0.0818. The van der Waals surface area contributed by atoms with Crippen molar-refractivity contribution in [1.82, 2.24) is 9.21 Å². The average Bonchev–Trinajstić information content (AvgIpc) is 2.88. The Morgan fingerprint density at radius 1 is 1.29 bits per heavy atom. The number of amides is 1. The maximum atomic E-state index is 12.5. The zero-order valence-electron chi connectivity index (χ0n) is 14.1. The quantitative estimate of drug-likeness (QED) is 0.717. The van der Waals surface area contributed by atoms with Crippen LogP contribution in [0.3, 0.4) is 0 Å². The van der Waals surface area contributed by atoms with E-state index in [2.05, 4.69) is 0 Å². The number of carbonyl (C=O) groups is 1. The third-order valence-corrected chi connectivity index (χ3v) is 6.27. The lowest BCUT2D eigenvalue weighted by Gasteiger charge is -2.18. The van der Waals surface area contributed by atoms with E-state index >= 15 is 0 Å². The zero-order valence-corrected chi connectivity index (χ0v) is 14.9. The summed E-state index contributed by atoms with van der Waals surface area (Å²) in [5, 5.41) is 10.1. The molecule has 1 fully saturated rings. The van der Waals surface area contributed by atoms with Crippen molar-refractivity contribution in [2.45, 2.75) is 12.5 Å². The third kappa shape index (κ3) is 4.32. The number of β-amino-alcohol motifs (C(OH)–C–C–N with tert-alkyl or cyclic N) is 1. The molecule has 1 heterocycles. The second kappa shape index (κ2) is 7.60. The lowest BCUT2D eigenvalue weighted by molar-refractivity contribution is 0.0764. The molecule has 1 aromatic carbocycles. The molecule has 1 aliphatic heterocycles. The highest BCUT2D eigenvalue weighted by atomic mass is 32.2. The van der Waals surface area contributed by atoms with Crippen molar-refractivity contribution < 1.29 is 18.3 Å². The number of sulfonamides is 1. The third-order valence-electron chi connectivity index (χ3n) is 4.31. The van der Waals surface area contributed by atoms with Gasteiger partial charge >= 0.3 is 0 Å². The number of likely N-dealkylation sites (tertiary alicyclic amines) is 1. The highest BCUT2D eigenvalue weighted by Crippen LogP contribution is 2.22. The normalized spacial score (nSPS) is 21.5. The van der Waals surface area contributed by atoms with Gasteiger partial charge in [0.1, 0.15) is 0 Å². The van der Waals surface area contributed by atoms with E-state index in [0.717, 1.165) is 16.3 Å².